The van der Waals surface area contributed by atoms with E-state index in [1.54, 1.807) is 19.4 Å². The molecule has 0 bridgehead atoms. The molecule has 2 aromatic heterocycles. The molecule has 1 unspecified atom stereocenters. The van der Waals surface area contributed by atoms with Crippen LogP contribution < -0.4 is 20.3 Å². The van der Waals surface area contributed by atoms with E-state index in [2.05, 4.69) is 24.1 Å². The normalized spacial score (nSPS) is 12.1. The lowest BCUT2D eigenvalue weighted by Crippen LogP contribution is -2.33. The van der Waals surface area contributed by atoms with Crippen LogP contribution in [0.5, 0.6) is 11.5 Å². The molecule has 0 aliphatic carbocycles. The average molecular weight is 424 g/mol. The number of benzene rings is 1. The van der Waals surface area contributed by atoms with Gasteiger partial charge in [-0.25, -0.2) is 4.98 Å². The summed E-state index contributed by atoms with van der Waals surface area (Å²) in [5.74, 6) is 1.35. The van der Waals surface area contributed by atoms with Crippen molar-refractivity contribution in [2.24, 2.45) is 5.92 Å². The number of aromatic nitrogens is 2. The van der Waals surface area contributed by atoms with Crippen LogP contribution in [0.3, 0.4) is 0 Å². The molecule has 0 saturated carbocycles. The molecule has 164 valence electrons. The lowest BCUT2D eigenvalue weighted by molar-refractivity contribution is 0.0937. The molecule has 0 aliphatic rings. The molecule has 1 N–H and O–H groups in total. The number of ether oxygens (including phenoxy) is 2. The zero-order valence-corrected chi connectivity index (χ0v) is 18.6. The predicted molar refractivity (Wildman–Crippen MR) is 120 cm³/mol. The van der Waals surface area contributed by atoms with Crippen LogP contribution in [0, 0.1) is 12.8 Å². The molecular formula is C24H29N3O4. The molecule has 0 radical (unpaired) electrons. The molecule has 0 saturated heterocycles. The van der Waals surface area contributed by atoms with Crippen molar-refractivity contribution >= 4 is 11.6 Å². The largest absolute Gasteiger partial charge is 0.493 e. The van der Waals surface area contributed by atoms with E-state index in [4.69, 9.17) is 9.47 Å². The standard InChI is InChI=1S/C24H29N3O4/c1-15(2)10-11-31-20-8-7-18(12-21(20)30-5)17(4)26-23(28)19-13-25-22-9-6-16(3)14-27(22)24(19)29/h6-9,12-15,17H,10-11H2,1-5H3,(H,26,28). The topological polar surface area (TPSA) is 81.9 Å². The second-order valence-electron chi connectivity index (χ2n) is 8.05. The molecule has 0 spiro atoms. The van der Waals surface area contributed by atoms with Gasteiger partial charge in [0.1, 0.15) is 11.2 Å². The first kappa shape index (κ1) is 22.3. The minimum atomic E-state index is -0.475. The molecule has 1 atom stereocenters. The van der Waals surface area contributed by atoms with E-state index in [-0.39, 0.29) is 11.6 Å². The highest BCUT2D eigenvalue weighted by molar-refractivity contribution is 5.94. The smallest absolute Gasteiger partial charge is 0.270 e. The van der Waals surface area contributed by atoms with Crippen molar-refractivity contribution in [2.75, 3.05) is 13.7 Å². The van der Waals surface area contributed by atoms with E-state index in [9.17, 15) is 9.59 Å². The van der Waals surface area contributed by atoms with Crippen LogP contribution in [0.25, 0.3) is 5.65 Å². The summed E-state index contributed by atoms with van der Waals surface area (Å²) < 4.78 is 12.7. The SMILES string of the molecule is COc1cc(C(C)NC(=O)c2cnc3ccc(C)cn3c2=O)ccc1OCCC(C)C. The van der Waals surface area contributed by atoms with E-state index in [1.807, 2.05) is 38.1 Å². The van der Waals surface area contributed by atoms with E-state index in [0.29, 0.717) is 29.7 Å². The van der Waals surface area contributed by atoms with Gasteiger partial charge in [0, 0.05) is 12.4 Å². The second kappa shape index (κ2) is 9.64. The number of rotatable bonds is 8. The summed E-state index contributed by atoms with van der Waals surface area (Å²) in [4.78, 5) is 29.8. The van der Waals surface area contributed by atoms with Crippen LogP contribution in [-0.2, 0) is 0 Å². The van der Waals surface area contributed by atoms with Crippen LogP contribution in [0.4, 0.5) is 0 Å². The van der Waals surface area contributed by atoms with Gasteiger partial charge in [-0.2, -0.15) is 0 Å². The van der Waals surface area contributed by atoms with Gasteiger partial charge in [-0.3, -0.25) is 14.0 Å². The van der Waals surface area contributed by atoms with Gasteiger partial charge in [0.15, 0.2) is 11.5 Å². The van der Waals surface area contributed by atoms with Crippen molar-refractivity contribution < 1.29 is 14.3 Å². The number of aryl methyl sites for hydroxylation is 1. The first-order valence-electron chi connectivity index (χ1n) is 10.4. The Morgan fingerprint density at radius 3 is 2.65 bits per heavy atom. The van der Waals surface area contributed by atoms with E-state index in [0.717, 1.165) is 17.5 Å². The Hall–Kier alpha value is -3.35. The highest BCUT2D eigenvalue weighted by Crippen LogP contribution is 2.30. The average Bonchev–Trinajstić information content (AvgIpc) is 2.74. The lowest BCUT2D eigenvalue weighted by Gasteiger charge is -2.17. The molecule has 1 amide bonds. The summed E-state index contributed by atoms with van der Waals surface area (Å²) in [5, 5.41) is 2.87. The van der Waals surface area contributed by atoms with Gasteiger partial charge in [-0.15, -0.1) is 0 Å². The fourth-order valence-corrected chi connectivity index (χ4v) is 3.17. The van der Waals surface area contributed by atoms with Crippen molar-refractivity contribution in [3.8, 4) is 11.5 Å². The van der Waals surface area contributed by atoms with Gasteiger partial charge >= 0.3 is 0 Å². The van der Waals surface area contributed by atoms with E-state index < -0.39 is 11.5 Å². The number of hydrogen-bond donors (Lipinski definition) is 1. The monoisotopic (exact) mass is 423 g/mol. The summed E-state index contributed by atoms with van der Waals surface area (Å²) in [6.07, 6.45) is 3.95. The number of nitrogens with zero attached hydrogens (tertiary/aromatic N) is 2. The Bertz CT molecular complexity index is 1140. The highest BCUT2D eigenvalue weighted by Gasteiger charge is 2.18. The van der Waals surface area contributed by atoms with Crippen LogP contribution in [0.1, 0.15) is 54.7 Å². The first-order valence-corrected chi connectivity index (χ1v) is 10.4. The van der Waals surface area contributed by atoms with E-state index >= 15 is 0 Å². The van der Waals surface area contributed by atoms with Gasteiger partial charge in [0.05, 0.1) is 19.8 Å². The maximum atomic E-state index is 12.8. The number of nitrogens with one attached hydrogen (secondary N) is 1. The molecule has 2 heterocycles. The van der Waals surface area contributed by atoms with Gasteiger partial charge in [0.2, 0.25) is 0 Å². The Labute approximate surface area is 182 Å². The van der Waals surface area contributed by atoms with Gasteiger partial charge < -0.3 is 14.8 Å². The van der Waals surface area contributed by atoms with E-state index in [1.165, 1.54) is 10.6 Å². The van der Waals surface area contributed by atoms with Crippen molar-refractivity contribution in [3.63, 3.8) is 0 Å². The van der Waals surface area contributed by atoms with Crippen molar-refractivity contribution in [2.45, 2.75) is 40.2 Å². The van der Waals surface area contributed by atoms with Crippen LogP contribution in [-0.4, -0.2) is 29.0 Å². The molecule has 7 heteroatoms. The molecule has 3 rings (SSSR count). The zero-order valence-electron chi connectivity index (χ0n) is 18.6. The quantitative estimate of drug-likeness (QED) is 0.594. The zero-order chi connectivity index (χ0) is 22.5. The summed E-state index contributed by atoms with van der Waals surface area (Å²) in [5.41, 5.74) is 1.84. The molecule has 1 aromatic carbocycles. The van der Waals surface area contributed by atoms with Gasteiger partial charge in [-0.05, 0) is 55.5 Å². The van der Waals surface area contributed by atoms with Crippen molar-refractivity contribution in [1.82, 2.24) is 14.7 Å². The van der Waals surface area contributed by atoms with Crippen LogP contribution >= 0.6 is 0 Å². The maximum Gasteiger partial charge on any atom is 0.270 e. The lowest BCUT2D eigenvalue weighted by atomic mass is 10.1. The molecule has 0 aliphatic heterocycles. The Morgan fingerprint density at radius 1 is 1.16 bits per heavy atom. The second-order valence-corrected chi connectivity index (χ2v) is 8.05. The van der Waals surface area contributed by atoms with Crippen LogP contribution in [0.15, 0.2) is 47.5 Å². The maximum absolute atomic E-state index is 12.8. The fourth-order valence-electron chi connectivity index (χ4n) is 3.17. The summed E-state index contributed by atoms with van der Waals surface area (Å²) in [6, 6.07) is 8.83. The van der Waals surface area contributed by atoms with Crippen LogP contribution in [0.2, 0.25) is 0 Å². The number of carbonyl (C=O) groups is 1. The molecule has 3 aromatic rings. The Morgan fingerprint density at radius 2 is 1.94 bits per heavy atom. The minimum Gasteiger partial charge on any atom is -0.493 e. The number of carbonyl (C=O) groups excluding carboxylic acids is 1. The third-order valence-corrected chi connectivity index (χ3v) is 5.08. The highest BCUT2D eigenvalue weighted by atomic mass is 16.5. The summed E-state index contributed by atoms with van der Waals surface area (Å²) in [6.45, 7) is 8.63. The van der Waals surface area contributed by atoms with Crippen molar-refractivity contribution in [3.05, 3.63) is 69.8 Å². The molecule has 7 nitrogen and oxygen atoms in total. The number of hydrogen-bond acceptors (Lipinski definition) is 5. The Balaban J connectivity index is 1.77. The Kier molecular flexibility index (Phi) is 6.95. The van der Waals surface area contributed by atoms with Gasteiger partial charge in [0.25, 0.3) is 11.5 Å². The summed E-state index contributed by atoms with van der Waals surface area (Å²) in [7, 11) is 1.58. The molecule has 31 heavy (non-hydrogen) atoms. The number of fused-ring (bicyclic) bond motifs is 1. The number of amides is 1. The van der Waals surface area contributed by atoms with Gasteiger partial charge in [-0.1, -0.05) is 26.0 Å². The fraction of sp³-hybridized carbons (Fsp3) is 0.375. The third kappa shape index (κ3) is 5.23. The van der Waals surface area contributed by atoms with Crippen molar-refractivity contribution in [1.29, 1.82) is 0 Å². The molecular weight excluding hydrogens is 394 g/mol. The third-order valence-electron chi connectivity index (χ3n) is 5.08. The number of methoxy groups -OCH3 is 1. The molecule has 0 fully saturated rings. The summed E-state index contributed by atoms with van der Waals surface area (Å²) >= 11 is 0. The number of pyridine rings is 1. The predicted octanol–water partition coefficient (Wildman–Crippen LogP) is 3.93. The first-order chi connectivity index (χ1) is 14.8. The minimum absolute atomic E-state index is 0.00412.